The molecule has 1 amide bonds. The van der Waals surface area contributed by atoms with Gasteiger partial charge in [0, 0.05) is 5.56 Å². The minimum absolute atomic E-state index is 0.0428. The van der Waals surface area contributed by atoms with Crippen molar-refractivity contribution in [3.8, 4) is 0 Å². The summed E-state index contributed by atoms with van der Waals surface area (Å²) in [4.78, 5) is 10.0. The summed E-state index contributed by atoms with van der Waals surface area (Å²) in [6.07, 6.45) is 0. The molecular weight excluding hydrogens is 197 g/mol. The van der Waals surface area contributed by atoms with E-state index < -0.39 is 21.0 Å². The summed E-state index contributed by atoms with van der Waals surface area (Å²) in [7, 11) is -4.77. The van der Waals surface area contributed by atoms with Crippen LogP contribution in [-0.2, 0) is 10.2 Å². The molecule has 0 saturated carbocycles. The highest BCUT2D eigenvalue weighted by Gasteiger charge is 2.12. The Morgan fingerprint density at radius 2 is 2.00 bits per heavy atom. The zero-order valence-electron chi connectivity index (χ0n) is 6.40. The molecule has 0 atom stereocenters. The molecule has 70 valence electrons. The molecule has 0 aliphatic rings. The summed E-state index contributed by atoms with van der Waals surface area (Å²) >= 11 is 0. The van der Waals surface area contributed by atoms with Crippen LogP contribution in [0.15, 0.2) is 29.2 Å². The molecule has 1 rings (SSSR count). The zero-order valence-corrected chi connectivity index (χ0v) is 7.21. The van der Waals surface area contributed by atoms with Gasteiger partial charge in [0.05, 0.1) is 4.90 Å². The molecule has 0 fully saturated rings. The lowest BCUT2D eigenvalue weighted by Gasteiger charge is -1.97. The Morgan fingerprint density at radius 1 is 1.38 bits per heavy atom. The van der Waals surface area contributed by atoms with Crippen LogP contribution >= 0.6 is 0 Å². The maximum absolute atomic E-state index is 12.4. The SMILES string of the molecule is NC(=O)c1cccc(S(=O)(=O)F)c1. The highest BCUT2D eigenvalue weighted by Crippen LogP contribution is 2.13. The Bertz CT molecular complexity index is 441. The number of primary amides is 1. The first-order chi connectivity index (χ1) is 5.91. The highest BCUT2D eigenvalue weighted by atomic mass is 32.3. The number of hydrogen-bond acceptors (Lipinski definition) is 3. The van der Waals surface area contributed by atoms with Crippen LogP contribution in [0.1, 0.15) is 10.4 Å². The first-order valence-corrected chi connectivity index (χ1v) is 4.64. The van der Waals surface area contributed by atoms with Gasteiger partial charge in [-0.25, -0.2) is 0 Å². The third-order valence-electron chi connectivity index (χ3n) is 1.40. The first-order valence-electron chi connectivity index (χ1n) is 3.26. The van der Waals surface area contributed by atoms with Crippen LogP contribution in [0.5, 0.6) is 0 Å². The zero-order chi connectivity index (χ0) is 10.1. The van der Waals surface area contributed by atoms with E-state index in [-0.39, 0.29) is 5.56 Å². The molecule has 0 aliphatic carbocycles. The standard InChI is InChI=1S/C7H6FNO3S/c8-13(11,12)6-3-1-2-5(4-6)7(9)10/h1-4H,(H2,9,10). The predicted octanol–water partition coefficient (Wildman–Crippen LogP) is 0.444. The van der Waals surface area contributed by atoms with Gasteiger partial charge in [0.2, 0.25) is 5.91 Å². The number of benzene rings is 1. The van der Waals surface area contributed by atoms with Crippen molar-refractivity contribution in [2.75, 3.05) is 0 Å². The maximum atomic E-state index is 12.4. The molecule has 0 heterocycles. The molecule has 0 aromatic heterocycles. The molecule has 1 aromatic rings. The Labute approximate surface area is 74.4 Å². The van der Waals surface area contributed by atoms with Crippen LogP contribution in [-0.4, -0.2) is 14.3 Å². The molecule has 2 N–H and O–H groups in total. The van der Waals surface area contributed by atoms with Gasteiger partial charge in [-0.3, -0.25) is 4.79 Å². The van der Waals surface area contributed by atoms with Crippen molar-refractivity contribution in [1.29, 1.82) is 0 Å². The lowest BCUT2D eigenvalue weighted by molar-refractivity contribution is 0.1000. The number of halogens is 1. The van der Waals surface area contributed by atoms with Crippen LogP contribution in [0.3, 0.4) is 0 Å². The van der Waals surface area contributed by atoms with Crippen LogP contribution < -0.4 is 5.73 Å². The third kappa shape index (κ3) is 2.25. The van der Waals surface area contributed by atoms with E-state index in [1.807, 2.05) is 0 Å². The number of nitrogens with two attached hydrogens (primary N) is 1. The summed E-state index contributed by atoms with van der Waals surface area (Å²) in [6, 6.07) is 4.48. The quantitative estimate of drug-likeness (QED) is 0.708. The van der Waals surface area contributed by atoms with E-state index in [4.69, 9.17) is 5.73 Å². The van der Waals surface area contributed by atoms with E-state index in [1.165, 1.54) is 12.1 Å². The van der Waals surface area contributed by atoms with E-state index in [9.17, 15) is 17.1 Å². The molecule has 0 radical (unpaired) electrons. The Hall–Kier alpha value is -1.43. The number of carbonyl (C=O) groups excluding carboxylic acids is 1. The fourth-order valence-electron chi connectivity index (χ4n) is 0.801. The van der Waals surface area contributed by atoms with Crippen molar-refractivity contribution in [1.82, 2.24) is 0 Å². The molecule has 0 saturated heterocycles. The normalized spacial score (nSPS) is 11.2. The lowest BCUT2D eigenvalue weighted by atomic mass is 10.2. The smallest absolute Gasteiger partial charge is 0.332 e. The van der Waals surface area contributed by atoms with Gasteiger partial charge < -0.3 is 5.73 Å². The molecular formula is C7H6FNO3S. The van der Waals surface area contributed by atoms with Crippen LogP contribution in [0.25, 0.3) is 0 Å². The topological polar surface area (TPSA) is 77.2 Å². The first kappa shape index (κ1) is 9.66. The average molecular weight is 203 g/mol. The maximum Gasteiger partial charge on any atom is 0.332 e. The molecule has 6 heteroatoms. The fourth-order valence-corrected chi connectivity index (χ4v) is 1.31. The molecule has 1 aromatic carbocycles. The average Bonchev–Trinajstić information content (AvgIpc) is 2.03. The number of carbonyl (C=O) groups is 1. The number of hydrogen-bond donors (Lipinski definition) is 1. The van der Waals surface area contributed by atoms with E-state index in [0.717, 1.165) is 12.1 Å². The van der Waals surface area contributed by atoms with Crippen LogP contribution in [0.4, 0.5) is 3.89 Å². The molecule has 0 aliphatic heterocycles. The summed E-state index contributed by atoms with van der Waals surface area (Å²) in [5, 5.41) is 0. The Morgan fingerprint density at radius 3 is 2.46 bits per heavy atom. The fraction of sp³-hybridized carbons (Fsp3) is 0. The van der Waals surface area contributed by atoms with Crippen molar-refractivity contribution in [3.05, 3.63) is 29.8 Å². The summed E-state index contributed by atoms with van der Waals surface area (Å²) in [5.41, 5.74) is 4.83. The molecule has 0 spiro atoms. The largest absolute Gasteiger partial charge is 0.366 e. The Balaban J connectivity index is 3.29. The van der Waals surface area contributed by atoms with Crippen molar-refractivity contribution < 1.29 is 17.1 Å². The lowest BCUT2D eigenvalue weighted by Crippen LogP contribution is -2.11. The van der Waals surface area contributed by atoms with Crippen molar-refractivity contribution >= 4 is 16.1 Å². The summed E-state index contributed by atoms with van der Waals surface area (Å²) in [6.45, 7) is 0. The molecule has 0 unspecified atom stereocenters. The van der Waals surface area contributed by atoms with E-state index in [0.29, 0.717) is 0 Å². The van der Waals surface area contributed by atoms with Gasteiger partial charge in [-0.15, -0.1) is 3.89 Å². The predicted molar refractivity (Wildman–Crippen MR) is 43.3 cm³/mol. The molecule has 4 nitrogen and oxygen atoms in total. The molecule has 0 bridgehead atoms. The molecule has 13 heavy (non-hydrogen) atoms. The van der Waals surface area contributed by atoms with Crippen molar-refractivity contribution in [2.24, 2.45) is 5.73 Å². The van der Waals surface area contributed by atoms with Crippen LogP contribution in [0.2, 0.25) is 0 Å². The van der Waals surface area contributed by atoms with Crippen molar-refractivity contribution in [3.63, 3.8) is 0 Å². The number of rotatable bonds is 2. The van der Waals surface area contributed by atoms with Crippen LogP contribution in [0, 0.1) is 0 Å². The minimum Gasteiger partial charge on any atom is -0.366 e. The van der Waals surface area contributed by atoms with Gasteiger partial charge in [0.25, 0.3) is 0 Å². The van der Waals surface area contributed by atoms with Gasteiger partial charge in [0.15, 0.2) is 0 Å². The van der Waals surface area contributed by atoms with Gasteiger partial charge in [-0.05, 0) is 18.2 Å². The minimum atomic E-state index is -4.77. The van der Waals surface area contributed by atoms with Gasteiger partial charge in [-0.1, -0.05) is 6.07 Å². The monoisotopic (exact) mass is 203 g/mol. The second kappa shape index (κ2) is 3.14. The van der Waals surface area contributed by atoms with Gasteiger partial charge in [-0.2, -0.15) is 8.42 Å². The van der Waals surface area contributed by atoms with Gasteiger partial charge >= 0.3 is 10.2 Å². The number of amides is 1. The van der Waals surface area contributed by atoms with Gasteiger partial charge in [0.1, 0.15) is 0 Å². The second-order valence-electron chi connectivity index (χ2n) is 2.33. The summed E-state index contributed by atoms with van der Waals surface area (Å²) < 4.78 is 33.2. The second-order valence-corrected chi connectivity index (χ2v) is 3.68. The van der Waals surface area contributed by atoms with E-state index in [2.05, 4.69) is 0 Å². The van der Waals surface area contributed by atoms with E-state index >= 15 is 0 Å². The highest BCUT2D eigenvalue weighted by molar-refractivity contribution is 7.86. The van der Waals surface area contributed by atoms with E-state index in [1.54, 1.807) is 0 Å². The third-order valence-corrected chi connectivity index (χ3v) is 2.22. The summed E-state index contributed by atoms with van der Waals surface area (Å²) in [5.74, 6) is -0.800. The Kier molecular flexibility index (Phi) is 2.33. The van der Waals surface area contributed by atoms with Crippen molar-refractivity contribution in [2.45, 2.75) is 4.90 Å².